The van der Waals surface area contributed by atoms with Crippen LogP contribution < -0.4 is 15.4 Å². The summed E-state index contributed by atoms with van der Waals surface area (Å²) in [6, 6.07) is 5.73. The first-order chi connectivity index (χ1) is 8.22. The topological polar surface area (TPSA) is 58.7 Å². The Hall–Kier alpha value is -1.42. The van der Waals surface area contributed by atoms with Crippen LogP contribution in [0.15, 0.2) is 18.2 Å². The van der Waals surface area contributed by atoms with E-state index in [-0.39, 0.29) is 6.61 Å². The van der Waals surface area contributed by atoms with Gasteiger partial charge in [-0.1, -0.05) is 6.92 Å². The number of nitrogen functional groups attached to an aromatic ring is 1. The highest BCUT2D eigenvalue weighted by Crippen LogP contribution is 2.27. The lowest BCUT2D eigenvalue weighted by molar-refractivity contribution is 0.302. The van der Waals surface area contributed by atoms with Gasteiger partial charge in [-0.05, 0) is 25.5 Å². The fraction of sp³-hybridized carbons (Fsp3) is 0.538. The van der Waals surface area contributed by atoms with E-state index in [1.807, 2.05) is 18.2 Å². The monoisotopic (exact) mass is 238 g/mol. The Balaban J connectivity index is 2.85. The number of aliphatic hydroxyl groups excluding tert-OH is 1. The third-order valence-corrected chi connectivity index (χ3v) is 2.58. The van der Waals surface area contributed by atoms with E-state index in [2.05, 4.69) is 18.7 Å². The number of aliphatic hydroxyl groups is 1. The standard InChI is InChI=1S/C13H22N2O2/c1-3-9-17-13-10-11(5-6-12(13)14)15(4-2)7-8-16/h5-6,10,16H,3-4,7-9,14H2,1-2H3. The number of nitrogens with two attached hydrogens (primary N) is 1. The lowest BCUT2D eigenvalue weighted by Crippen LogP contribution is -2.26. The number of hydrogen-bond donors (Lipinski definition) is 2. The van der Waals surface area contributed by atoms with Gasteiger partial charge < -0.3 is 20.5 Å². The normalized spacial score (nSPS) is 10.3. The van der Waals surface area contributed by atoms with Gasteiger partial charge in [0.2, 0.25) is 0 Å². The van der Waals surface area contributed by atoms with E-state index in [0.717, 1.165) is 24.4 Å². The van der Waals surface area contributed by atoms with Crippen molar-refractivity contribution in [3.8, 4) is 5.75 Å². The predicted molar refractivity (Wildman–Crippen MR) is 71.6 cm³/mol. The zero-order chi connectivity index (χ0) is 12.7. The number of nitrogens with zero attached hydrogens (tertiary/aromatic N) is 1. The molecule has 0 saturated heterocycles. The zero-order valence-corrected chi connectivity index (χ0v) is 10.6. The van der Waals surface area contributed by atoms with Crippen molar-refractivity contribution in [2.45, 2.75) is 20.3 Å². The van der Waals surface area contributed by atoms with Crippen LogP contribution in [-0.4, -0.2) is 31.4 Å². The van der Waals surface area contributed by atoms with Crippen LogP contribution in [0.4, 0.5) is 11.4 Å². The van der Waals surface area contributed by atoms with E-state index < -0.39 is 0 Å². The van der Waals surface area contributed by atoms with Crippen molar-refractivity contribution in [2.75, 3.05) is 36.9 Å². The smallest absolute Gasteiger partial charge is 0.144 e. The first-order valence-corrected chi connectivity index (χ1v) is 6.11. The molecule has 17 heavy (non-hydrogen) atoms. The van der Waals surface area contributed by atoms with Crippen molar-refractivity contribution < 1.29 is 9.84 Å². The molecule has 0 aliphatic carbocycles. The Morgan fingerprint density at radius 3 is 2.71 bits per heavy atom. The van der Waals surface area contributed by atoms with Crippen LogP contribution >= 0.6 is 0 Å². The molecular weight excluding hydrogens is 216 g/mol. The van der Waals surface area contributed by atoms with Crippen molar-refractivity contribution in [3.63, 3.8) is 0 Å². The van der Waals surface area contributed by atoms with Gasteiger partial charge in [0, 0.05) is 24.8 Å². The van der Waals surface area contributed by atoms with E-state index in [9.17, 15) is 0 Å². The summed E-state index contributed by atoms with van der Waals surface area (Å²) in [5.41, 5.74) is 7.54. The van der Waals surface area contributed by atoms with E-state index in [0.29, 0.717) is 18.8 Å². The van der Waals surface area contributed by atoms with Gasteiger partial charge in [0.1, 0.15) is 5.75 Å². The molecule has 0 radical (unpaired) electrons. The second-order valence-electron chi connectivity index (χ2n) is 3.87. The van der Waals surface area contributed by atoms with Gasteiger partial charge in [-0.2, -0.15) is 0 Å². The third-order valence-electron chi connectivity index (χ3n) is 2.58. The van der Waals surface area contributed by atoms with Crippen molar-refractivity contribution in [1.82, 2.24) is 0 Å². The molecule has 3 N–H and O–H groups in total. The molecule has 0 amide bonds. The number of likely N-dealkylation sites (N-methyl/N-ethyl adjacent to an activating group) is 1. The highest BCUT2D eigenvalue weighted by atomic mass is 16.5. The molecule has 0 aliphatic heterocycles. The van der Waals surface area contributed by atoms with Gasteiger partial charge >= 0.3 is 0 Å². The quantitative estimate of drug-likeness (QED) is 0.712. The molecule has 0 unspecified atom stereocenters. The molecule has 4 heteroatoms. The molecule has 4 nitrogen and oxygen atoms in total. The minimum atomic E-state index is 0.142. The first-order valence-electron chi connectivity index (χ1n) is 6.11. The van der Waals surface area contributed by atoms with Crippen LogP contribution in [0.2, 0.25) is 0 Å². The van der Waals surface area contributed by atoms with Crippen LogP contribution in [-0.2, 0) is 0 Å². The summed E-state index contributed by atoms with van der Waals surface area (Å²) in [5, 5.41) is 9.00. The van der Waals surface area contributed by atoms with Gasteiger partial charge in [0.25, 0.3) is 0 Å². The molecule has 0 atom stereocenters. The molecule has 0 aliphatic rings. The molecule has 0 fully saturated rings. The Kier molecular flexibility index (Phi) is 5.63. The summed E-state index contributed by atoms with van der Waals surface area (Å²) in [5.74, 6) is 0.723. The number of anilines is 2. The van der Waals surface area contributed by atoms with Crippen molar-refractivity contribution in [2.24, 2.45) is 0 Å². The summed E-state index contributed by atoms with van der Waals surface area (Å²) in [4.78, 5) is 2.08. The largest absolute Gasteiger partial charge is 0.491 e. The lowest BCUT2D eigenvalue weighted by atomic mass is 10.2. The van der Waals surface area contributed by atoms with Crippen LogP contribution in [0.3, 0.4) is 0 Å². The first kappa shape index (κ1) is 13.6. The summed E-state index contributed by atoms with van der Waals surface area (Å²) in [7, 11) is 0. The number of rotatable bonds is 7. The average Bonchev–Trinajstić information content (AvgIpc) is 2.35. The summed E-state index contributed by atoms with van der Waals surface area (Å²) >= 11 is 0. The highest BCUT2D eigenvalue weighted by Gasteiger charge is 2.07. The maximum Gasteiger partial charge on any atom is 0.144 e. The molecule has 1 rings (SSSR count). The fourth-order valence-electron chi connectivity index (χ4n) is 1.65. The Morgan fingerprint density at radius 2 is 2.12 bits per heavy atom. The molecule has 0 heterocycles. The SMILES string of the molecule is CCCOc1cc(N(CC)CCO)ccc1N. The van der Waals surface area contributed by atoms with E-state index in [4.69, 9.17) is 15.6 Å². The van der Waals surface area contributed by atoms with E-state index in [1.54, 1.807) is 0 Å². The molecule has 0 saturated carbocycles. The number of benzene rings is 1. The van der Waals surface area contributed by atoms with Crippen molar-refractivity contribution in [3.05, 3.63) is 18.2 Å². The fourth-order valence-corrected chi connectivity index (χ4v) is 1.65. The zero-order valence-electron chi connectivity index (χ0n) is 10.6. The van der Waals surface area contributed by atoms with Crippen molar-refractivity contribution in [1.29, 1.82) is 0 Å². The molecular formula is C13H22N2O2. The number of hydrogen-bond acceptors (Lipinski definition) is 4. The summed E-state index contributed by atoms with van der Waals surface area (Å²) in [6.45, 7) is 6.39. The summed E-state index contributed by atoms with van der Waals surface area (Å²) < 4.78 is 5.59. The lowest BCUT2D eigenvalue weighted by Gasteiger charge is -2.23. The van der Waals surface area contributed by atoms with E-state index in [1.165, 1.54) is 0 Å². The van der Waals surface area contributed by atoms with Crippen molar-refractivity contribution >= 4 is 11.4 Å². The van der Waals surface area contributed by atoms with Crippen LogP contribution in [0.25, 0.3) is 0 Å². The second kappa shape index (κ2) is 7.01. The predicted octanol–water partition coefficient (Wildman–Crippen LogP) is 1.88. The summed E-state index contributed by atoms with van der Waals surface area (Å²) in [6.07, 6.45) is 0.956. The highest BCUT2D eigenvalue weighted by molar-refractivity contribution is 5.62. The van der Waals surface area contributed by atoms with Gasteiger partial charge in [0.15, 0.2) is 0 Å². The molecule has 0 spiro atoms. The molecule has 0 bridgehead atoms. The van der Waals surface area contributed by atoms with Crippen LogP contribution in [0.1, 0.15) is 20.3 Å². The second-order valence-corrected chi connectivity index (χ2v) is 3.87. The van der Waals surface area contributed by atoms with Crippen LogP contribution in [0, 0.1) is 0 Å². The van der Waals surface area contributed by atoms with Gasteiger partial charge in [-0.25, -0.2) is 0 Å². The van der Waals surface area contributed by atoms with E-state index >= 15 is 0 Å². The van der Waals surface area contributed by atoms with Gasteiger partial charge in [-0.15, -0.1) is 0 Å². The molecule has 1 aromatic rings. The Morgan fingerprint density at radius 1 is 1.35 bits per heavy atom. The molecule has 0 aromatic heterocycles. The number of ether oxygens (including phenoxy) is 1. The minimum Gasteiger partial charge on any atom is -0.491 e. The third kappa shape index (κ3) is 3.82. The van der Waals surface area contributed by atoms with Crippen LogP contribution in [0.5, 0.6) is 5.75 Å². The Bertz CT molecular complexity index is 342. The van der Waals surface area contributed by atoms with Gasteiger partial charge in [0.05, 0.1) is 18.9 Å². The van der Waals surface area contributed by atoms with Gasteiger partial charge in [-0.3, -0.25) is 0 Å². The Labute approximate surface area is 103 Å². The maximum atomic E-state index is 9.00. The average molecular weight is 238 g/mol. The molecule has 1 aromatic carbocycles. The maximum absolute atomic E-state index is 9.00. The molecule has 96 valence electrons. The minimum absolute atomic E-state index is 0.142.